The van der Waals surface area contributed by atoms with Crippen LogP contribution < -0.4 is 0 Å². The Bertz CT molecular complexity index is 318. The smallest absolute Gasteiger partial charge is 0.0406 e. The van der Waals surface area contributed by atoms with Gasteiger partial charge in [-0.1, -0.05) is 50.4 Å². The first kappa shape index (κ1) is 11.0. The van der Waals surface area contributed by atoms with E-state index in [0.29, 0.717) is 5.41 Å². The molecule has 1 aromatic carbocycles. The van der Waals surface area contributed by atoms with Crippen LogP contribution in [0.2, 0.25) is 5.02 Å². The molecule has 1 heteroatoms. The molecule has 0 amide bonds. The molecule has 15 heavy (non-hydrogen) atoms. The third-order valence-electron chi connectivity index (χ3n) is 4.02. The van der Waals surface area contributed by atoms with Crippen LogP contribution >= 0.6 is 11.6 Å². The Morgan fingerprint density at radius 1 is 1.07 bits per heavy atom. The summed E-state index contributed by atoms with van der Waals surface area (Å²) in [6, 6.07) is 8.49. The van der Waals surface area contributed by atoms with Gasteiger partial charge in [0.25, 0.3) is 0 Å². The molecule has 0 aromatic heterocycles. The lowest BCUT2D eigenvalue weighted by Gasteiger charge is -2.34. The van der Waals surface area contributed by atoms with E-state index in [0.717, 1.165) is 10.9 Å². The molecule has 2 rings (SSSR count). The average Bonchev–Trinajstić information content (AvgIpc) is 2.69. The molecule has 0 radical (unpaired) electrons. The van der Waals surface area contributed by atoms with E-state index >= 15 is 0 Å². The summed E-state index contributed by atoms with van der Waals surface area (Å²) >= 11 is 5.94. The molecule has 1 saturated carbocycles. The maximum atomic E-state index is 5.94. The normalized spacial score (nSPS) is 19.7. The van der Waals surface area contributed by atoms with Crippen molar-refractivity contribution in [3.63, 3.8) is 0 Å². The second-order valence-corrected chi connectivity index (χ2v) is 5.46. The molecule has 0 N–H and O–H groups in total. The summed E-state index contributed by atoms with van der Waals surface area (Å²) in [6.07, 6.45) is 5.43. The number of hydrogen-bond donors (Lipinski definition) is 0. The van der Waals surface area contributed by atoms with Crippen molar-refractivity contribution in [2.24, 2.45) is 5.92 Å². The molecule has 1 aliphatic rings. The fraction of sp³-hybridized carbons (Fsp3) is 0.571. The number of hydrogen-bond acceptors (Lipinski definition) is 0. The molecule has 0 saturated heterocycles. The number of halogens is 1. The van der Waals surface area contributed by atoms with Gasteiger partial charge in [-0.05, 0) is 41.9 Å². The van der Waals surface area contributed by atoms with Gasteiger partial charge in [0.1, 0.15) is 0 Å². The summed E-state index contributed by atoms with van der Waals surface area (Å²) < 4.78 is 0. The fourth-order valence-corrected chi connectivity index (χ4v) is 3.11. The Hall–Kier alpha value is -0.490. The van der Waals surface area contributed by atoms with Crippen molar-refractivity contribution in [2.45, 2.75) is 44.9 Å². The molecule has 0 unspecified atom stereocenters. The zero-order valence-electron chi connectivity index (χ0n) is 9.59. The highest BCUT2D eigenvalue weighted by molar-refractivity contribution is 6.30. The molecule has 0 spiro atoms. The summed E-state index contributed by atoms with van der Waals surface area (Å²) in [7, 11) is 0. The van der Waals surface area contributed by atoms with Gasteiger partial charge in [-0.3, -0.25) is 0 Å². The predicted molar refractivity (Wildman–Crippen MR) is 66.4 cm³/mol. The van der Waals surface area contributed by atoms with Crippen molar-refractivity contribution in [1.29, 1.82) is 0 Å². The maximum absolute atomic E-state index is 5.94. The summed E-state index contributed by atoms with van der Waals surface area (Å²) in [4.78, 5) is 0. The van der Waals surface area contributed by atoms with E-state index in [9.17, 15) is 0 Å². The van der Waals surface area contributed by atoms with Crippen molar-refractivity contribution < 1.29 is 0 Å². The Morgan fingerprint density at radius 3 is 2.07 bits per heavy atom. The first-order valence-corrected chi connectivity index (χ1v) is 6.29. The topological polar surface area (TPSA) is 0 Å². The minimum atomic E-state index is 0.421. The Kier molecular flexibility index (Phi) is 3.06. The molecular weight excluding hydrogens is 204 g/mol. The zero-order valence-corrected chi connectivity index (χ0v) is 10.3. The first-order valence-electron chi connectivity index (χ1n) is 5.91. The van der Waals surface area contributed by atoms with Crippen LogP contribution in [-0.4, -0.2) is 0 Å². The van der Waals surface area contributed by atoms with Crippen LogP contribution in [0.15, 0.2) is 24.3 Å². The van der Waals surface area contributed by atoms with Gasteiger partial charge in [0, 0.05) is 5.02 Å². The maximum Gasteiger partial charge on any atom is 0.0406 e. The lowest BCUT2D eigenvalue weighted by atomic mass is 9.70. The molecule has 82 valence electrons. The summed E-state index contributed by atoms with van der Waals surface area (Å²) in [5.74, 6) is 0.723. The van der Waals surface area contributed by atoms with Gasteiger partial charge in [0.05, 0.1) is 0 Å². The Morgan fingerprint density at radius 2 is 1.60 bits per heavy atom. The largest absolute Gasteiger partial charge is 0.0843 e. The third kappa shape index (κ3) is 1.92. The zero-order chi connectivity index (χ0) is 10.9. The lowest BCUT2D eigenvalue weighted by Crippen LogP contribution is -2.28. The molecule has 0 bridgehead atoms. The van der Waals surface area contributed by atoms with Gasteiger partial charge in [0.15, 0.2) is 0 Å². The monoisotopic (exact) mass is 222 g/mol. The molecule has 1 fully saturated rings. The molecular formula is C14H19Cl. The van der Waals surface area contributed by atoms with E-state index in [1.165, 1.54) is 31.2 Å². The quantitative estimate of drug-likeness (QED) is 0.674. The second kappa shape index (κ2) is 4.17. The first-order chi connectivity index (χ1) is 7.15. The number of rotatable bonds is 2. The van der Waals surface area contributed by atoms with Crippen molar-refractivity contribution >= 4 is 11.6 Å². The van der Waals surface area contributed by atoms with E-state index in [2.05, 4.69) is 26.0 Å². The Balaban J connectivity index is 2.36. The van der Waals surface area contributed by atoms with Crippen LogP contribution in [0, 0.1) is 5.92 Å². The molecule has 0 atom stereocenters. The van der Waals surface area contributed by atoms with Gasteiger partial charge in [-0.15, -0.1) is 0 Å². The van der Waals surface area contributed by atoms with E-state index in [4.69, 9.17) is 11.6 Å². The highest BCUT2D eigenvalue weighted by Gasteiger charge is 2.38. The van der Waals surface area contributed by atoms with Crippen molar-refractivity contribution in [3.8, 4) is 0 Å². The van der Waals surface area contributed by atoms with E-state index in [1.807, 2.05) is 12.1 Å². The van der Waals surface area contributed by atoms with Crippen LogP contribution in [-0.2, 0) is 5.41 Å². The van der Waals surface area contributed by atoms with E-state index < -0.39 is 0 Å². The van der Waals surface area contributed by atoms with Gasteiger partial charge in [-0.2, -0.15) is 0 Å². The molecule has 1 aromatic rings. The summed E-state index contributed by atoms with van der Waals surface area (Å²) in [5.41, 5.74) is 1.91. The van der Waals surface area contributed by atoms with Gasteiger partial charge >= 0.3 is 0 Å². The van der Waals surface area contributed by atoms with Crippen molar-refractivity contribution in [1.82, 2.24) is 0 Å². The second-order valence-electron chi connectivity index (χ2n) is 5.02. The van der Waals surface area contributed by atoms with Crippen LogP contribution in [0.5, 0.6) is 0 Å². The van der Waals surface area contributed by atoms with Gasteiger partial charge < -0.3 is 0 Å². The molecule has 0 aliphatic heterocycles. The molecule has 1 aliphatic carbocycles. The highest BCUT2D eigenvalue weighted by Crippen LogP contribution is 2.46. The van der Waals surface area contributed by atoms with Crippen LogP contribution in [0.4, 0.5) is 0 Å². The standard InChI is InChI=1S/C14H19Cl/c1-11(2)14(9-3-4-10-14)12-5-7-13(15)8-6-12/h5-8,11H,3-4,9-10H2,1-2H3. The average molecular weight is 223 g/mol. The van der Waals surface area contributed by atoms with Crippen molar-refractivity contribution in [3.05, 3.63) is 34.9 Å². The van der Waals surface area contributed by atoms with Gasteiger partial charge in [-0.25, -0.2) is 0 Å². The third-order valence-corrected chi connectivity index (χ3v) is 4.27. The van der Waals surface area contributed by atoms with Crippen molar-refractivity contribution in [2.75, 3.05) is 0 Å². The van der Waals surface area contributed by atoms with Crippen LogP contribution in [0.25, 0.3) is 0 Å². The summed E-state index contributed by atoms with van der Waals surface area (Å²) in [6.45, 7) is 4.69. The van der Waals surface area contributed by atoms with Crippen LogP contribution in [0.1, 0.15) is 45.1 Å². The molecule has 0 nitrogen and oxygen atoms in total. The highest BCUT2D eigenvalue weighted by atomic mass is 35.5. The van der Waals surface area contributed by atoms with E-state index in [1.54, 1.807) is 0 Å². The molecule has 0 heterocycles. The number of benzene rings is 1. The minimum Gasteiger partial charge on any atom is -0.0843 e. The van der Waals surface area contributed by atoms with Crippen LogP contribution in [0.3, 0.4) is 0 Å². The van der Waals surface area contributed by atoms with Gasteiger partial charge in [0.2, 0.25) is 0 Å². The Labute approximate surface area is 97.6 Å². The fourth-order valence-electron chi connectivity index (χ4n) is 2.99. The lowest BCUT2D eigenvalue weighted by molar-refractivity contribution is 0.314. The minimum absolute atomic E-state index is 0.421. The summed E-state index contributed by atoms with van der Waals surface area (Å²) in [5, 5.41) is 0.843. The predicted octanol–water partition coefficient (Wildman–Crippen LogP) is 4.81. The SMILES string of the molecule is CC(C)C1(c2ccc(Cl)cc2)CCCC1. The van der Waals surface area contributed by atoms with E-state index in [-0.39, 0.29) is 0 Å².